The molecule has 0 unspecified atom stereocenters. The van der Waals surface area contributed by atoms with E-state index < -0.39 is 0 Å². The summed E-state index contributed by atoms with van der Waals surface area (Å²) in [5.41, 5.74) is 6.01. The molecule has 0 spiro atoms. The van der Waals surface area contributed by atoms with E-state index in [9.17, 15) is 4.39 Å². The van der Waals surface area contributed by atoms with Crippen molar-refractivity contribution in [1.29, 1.82) is 0 Å². The smallest absolute Gasteiger partial charge is 0.168 e. The Morgan fingerprint density at radius 3 is 2.65 bits per heavy atom. The normalized spacial score (nSPS) is 11.2. The molecule has 17 heavy (non-hydrogen) atoms. The molecular weight excluding hydrogens is 221 g/mol. The van der Waals surface area contributed by atoms with E-state index in [1.807, 2.05) is 13.8 Å². The topological polar surface area (TPSA) is 44.5 Å². The molecule has 94 valence electrons. The van der Waals surface area contributed by atoms with Crippen molar-refractivity contribution in [3.8, 4) is 11.5 Å². The van der Waals surface area contributed by atoms with Crippen LogP contribution in [0.2, 0.25) is 0 Å². The lowest BCUT2D eigenvalue weighted by Gasteiger charge is -2.16. The van der Waals surface area contributed by atoms with Gasteiger partial charge in [-0.15, -0.1) is 0 Å². The number of ether oxygens (including phenoxy) is 2. The number of nitrogens with two attached hydrogens (primary N) is 1. The SMILES string of the molecule is COc1cc(F)cc(/C=C/CN)c1OC(C)C. The Kier molecular flexibility index (Phi) is 4.97. The van der Waals surface area contributed by atoms with Gasteiger partial charge in [-0.25, -0.2) is 4.39 Å². The molecule has 2 N–H and O–H groups in total. The molecule has 4 heteroatoms. The van der Waals surface area contributed by atoms with E-state index in [0.29, 0.717) is 23.6 Å². The first kappa shape index (κ1) is 13.5. The Hall–Kier alpha value is -1.55. The Balaban J connectivity index is 3.22. The molecule has 0 aromatic heterocycles. The molecule has 1 rings (SSSR count). The summed E-state index contributed by atoms with van der Waals surface area (Å²) in [6.45, 7) is 4.19. The van der Waals surface area contributed by atoms with Crippen molar-refractivity contribution in [2.24, 2.45) is 5.73 Å². The van der Waals surface area contributed by atoms with Crippen molar-refractivity contribution in [3.05, 3.63) is 29.6 Å². The van der Waals surface area contributed by atoms with Crippen molar-refractivity contribution in [1.82, 2.24) is 0 Å². The summed E-state index contributed by atoms with van der Waals surface area (Å²) in [7, 11) is 1.48. The second-order valence-electron chi connectivity index (χ2n) is 3.83. The average Bonchev–Trinajstić information content (AvgIpc) is 2.28. The first-order valence-corrected chi connectivity index (χ1v) is 5.49. The van der Waals surface area contributed by atoms with Gasteiger partial charge >= 0.3 is 0 Å². The summed E-state index contributed by atoms with van der Waals surface area (Å²) < 4.78 is 24.1. The fraction of sp³-hybridized carbons (Fsp3) is 0.385. The minimum atomic E-state index is -0.366. The average molecular weight is 239 g/mol. The molecule has 0 saturated heterocycles. The summed E-state index contributed by atoms with van der Waals surface area (Å²) in [5, 5.41) is 0. The molecule has 0 aliphatic carbocycles. The van der Waals surface area contributed by atoms with Crippen LogP contribution in [0.5, 0.6) is 11.5 Å². The Morgan fingerprint density at radius 1 is 1.41 bits per heavy atom. The van der Waals surface area contributed by atoms with Crippen molar-refractivity contribution in [2.45, 2.75) is 20.0 Å². The van der Waals surface area contributed by atoms with Crippen molar-refractivity contribution in [3.63, 3.8) is 0 Å². The largest absolute Gasteiger partial charge is 0.493 e. The predicted octanol–water partition coefficient (Wildman–Crippen LogP) is 2.59. The molecule has 1 aromatic rings. The van der Waals surface area contributed by atoms with Gasteiger partial charge in [-0.3, -0.25) is 0 Å². The third-order valence-corrected chi connectivity index (χ3v) is 2.06. The van der Waals surface area contributed by atoms with Crippen LogP contribution in [0, 0.1) is 5.82 Å². The van der Waals surface area contributed by atoms with Gasteiger partial charge in [0.2, 0.25) is 0 Å². The number of rotatable bonds is 5. The maximum Gasteiger partial charge on any atom is 0.168 e. The van der Waals surface area contributed by atoms with Gasteiger partial charge in [0, 0.05) is 18.2 Å². The lowest BCUT2D eigenvalue weighted by atomic mass is 10.1. The van der Waals surface area contributed by atoms with E-state index in [-0.39, 0.29) is 11.9 Å². The fourth-order valence-electron chi connectivity index (χ4n) is 1.42. The monoisotopic (exact) mass is 239 g/mol. The van der Waals surface area contributed by atoms with Crippen LogP contribution in [0.15, 0.2) is 18.2 Å². The molecule has 0 aliphatic heterocycles. The van der Waals surface area contributed by atoms with Gasteiger partial charge in [0.05, 0.1) is 13.2 Å². The van der Waals surface area contributed by atoms with Gasteiger partial charge in [-0.1, -0.05) is 12.2 Å². The van der Waals surface area contributed by atoms with Crippen LogP contribution < -0.4 is 15.2 Å². The van der Waals surface area contributed by atoms with Gasteiger partial charge < -0.3 is 15.2 Å². The highest BCUT2D eigenvalue weighted by Gasteiger charge is 2.12. The molecule has 0 heterocycles. The van der Waals surface area contributed by atoms with Crippen molar-refractivity contribution in [2.75, 3.05) is 13.7 Å². The van der Waals surface area contributed by atoms with Crippen LogP contribution in [0.3, 0.4) is 0 Å². The van der Waals surface area contributed by atoms with Gasteiger partial charge in [0.15, 0.2) is 11.5 Å². The first-order valence-electron chi connectivity index (χ1n) is 5.49. The van der Waals surface area contributed by atoms with Gasteiger partial charge in [-0.05, 0) is 19.9 Å². The molecule has 0 fully saturated rings. The standard InChI is InChI=1S/C13H18FNO2/c1-9(2)17-13-10(5-4-6-15)7-11(14)8-12(13)16-3/h4-5,7-9H,6,15H2,1-3H3/b5-4+. The van der Waals surface area contributed by atoms with E-state index in [4.69, 9.17) is 15.2 Å². The van der Waals surface area contributed by atoms with Crippen LogP contribution in [0.1, 0.15) is 19.4 Å². The summed E-state index contributed by atoms with van der Waals surface area (Å²) in [5.74, 6) is 0.554. The Labute approximate surface area is 101 Å². The molecule has 0 saturated carbocycles. The zero-order valence-corrected chi connectivity index (χ0v) is 10.4. The number of hydrogen-bond acceptors (Lipinski definition) is 3. The maximum absolute atomic E-state index is 13.4. The fourth-order valence-corrected chi connectivity index (χ4v) is 1.42. The summed E-state index contributed by atoms with van der Waals surface area (Å²) in [6, 6.07) is 2.70. The van der Waals surface area contributed by atoms with Crippen LogP contribution in [-0.2, 0) is 0 Å². The van der Waals surface area contributed by atoms with E-state index >= 15 is 0 Å². The highest BCUT2D eigenvalue weighted by molar-refractivity contribution is 5.62. The zero-order chi connectivity index (χ0) is 12.8. The molecular formula is C13H18FNO2. The van der Waals surface area contributed by atoms with Crippen LogP contribution in [0.25, 0.3) is 6.08 Å². The quantitative estimate of drug-likeness (QED) is 0.859. The number of methoxy groups -OCH3 is 1. The Bertz CT molecular complexity index is 403. The summed E-state index contributed by atoms with van der Waals surface area (Å²) in [4.78, 5) is 0. The third kappa shape index (κ3) is 3.75. The minimum Gasteiger partial charge on any atom is -0.493 e. The summed E-state index contributed by atoms with van der Waals surface area (Å²) >= 11 is 0. The zero-order valence-electron chi connectivity index (χ0n) is 10.4. The maximum atomic E-state index is 13.4. The van der Waals surface area contributed by atoms with Crippen molar-refractivity contribution < 1.29 is 13.9 Å². The molecule has 0 radical (unpaired) electrons. The molecule has 1 aromatic carbocycles. The second kappa shape index (κ2) is 6.25. The van der Waals surface area contributed by atoms with Gasteiger partial charge in [-0.2, -0.15) is 0 Å². The van der Waals surface area contributed by atoms with Gasteiger partial charge in [0.25, 0.3) is 0 Å². The molecule has 0 aliphatic rings. The highest BCUT2D eigenvalue weighted by Crippen LogP contribution is 2.34. The predicted molar refractivity (Wildman–Crippen MR) is 66.8 cm³/mol. The number of hydrogen-bond donors (Lipinski definition) is 1. The van der Waals surface area contributed by atoms with Crippen LogP contribution in [0.4, 0.5) is 4.39 Å². The summed E-state index contributed by atoms with van der Waals surface area (Å²) in [6.07, 6.45) is 3.45. The van der Waals surface area contributed by atoms with E-state index in [2.05, 4.69) is 0 Å². The lowest BCUT2D eigenvalue weighted by molar-refractivity contribution is 0.229. The van der Waals surface area contributed by atoms with E-state index in [1.54, 1.807) is 12.2 Å². The van der Waals surface area contributed by atoms with E-state index in [1.165, 1.54) is 19.2 Å². The second-order valence-corrected chi connectivity index (χ2v) is 3.83. The Morgan fingerprint density at radius 2 is 2.12 bits per heavy atom. The highest BCUT2D eigenvalue weighted by atomic mass is 19.1. The molecule has 0 atom stereocenters. The van der Waals surface area contributed by atoms with Crippen LogP contribution in [-0.4, -0.2) is 19.8 Å². The van der Waals surface area contributed by atoms with Gasteiger partial charge in [0.1, 0.15) is 5.82 Å². The number of halogens is 1. The first-order chi connectivity index (χ1) is 8.08. The molecule has 0 bridgehead atoms. The lowest BCUT2D eigenvalue weighted by Crippen LogP contribution is -2.08. The number of benzene rings is 1. The third-order valence-electron chi connectivity index (χ3n) is 2.06. The minimum absolute atomic E-state index is 0.0145. The van der Waals surface area contributed by atoms with Crippen molar-refractivity contribution >= 4 is 6.08 Å². The van der Waals surface area contributed by atoms with E-state index in [0.717, 1.165) is 0 Å². The molecule has 0 amide bonds. The molecule has 3 nitrogen and oxygen atoms in total. The van der Waals surface area contributed by atoms with Crippen LogP contribution >= 0.6 is 0 Å².